The van der Waals surface area contributed by atoms with E-state index in [4.69, 9.17) is 9.84 Å². The molecule has 0 aliphatic carbocycles. The van der Waals surface area contributed by atoms with Crippen molar-refractivity contribution < 1.29 is 4.74 Å². The molecule has 1 aliphatic heterocycles. The summed E-state index contributed by atoms with van der Waals surface area (Å²) in [5.41, 5.74) is 6.32. The van der Waals surface area contributed by atoms with Crippen LogP contribution in [0.15, 0.2) is 59.2 Å². The van der Waals surface area contributed by atoms with E-state index in [1.165, 1.54) is 35.2 Å². The van der Waals surface area contributed by atoms with E-state index in [9.17, 15) is 0 Å². The summed E-state index contributed by atoms with van der Waals surface area (Å²) in [6, 6.07) is 16.8. The second-order valence-electron chi connectivity index (χ2n) is 7.19. The van der Waals surface area contributed by atoms with Gasteiger partial charge in [0.05, 0.1) is 6.61 Å². The topological polar surface area (TPSA) is 31.5 Å². The average Bonchev–Trinajstić information content (AvgIpc) is 3.14. The molecule has 5 heteroatoms. The molecule has 4 nitrogen and oxygen atoms in total. The van der Waals surface area contributed by atoms with Crippen molar-refractivity contribution in [3.63, 3.8) is 0 Å². The van der Waals surface area contributed by atoms with Gasteiger partial charge < -0.3 is 9.30 Å². The molecule has 5 rings (SSSR count). The normalized spacial score (nSPS) is 13.6. The highest BCUT2D eigenvalue weighted by Gasteiger charge is 2.22. The van der Waals surface area contributed by atoms with Crippen LogP contribution in [0.4, 0.5) is 0 Å². The molecule has 0 fully saturated rings. The number of rotatable bonds is 4. The number of hydrogen-bond donors (Lipinski definition) is 0. The maximum Gasteiger partial charge on any atom is 0.162 e. The van der Waals surface area contributed by atoms with Crippen molar-refractivity contribution in [2.45, 2.75) is 32.7 Å². The largest absolute Gasteiger partial charge is 0.494 e. The molecule has 0 unspecified atom stereocenters. The first-order chi connectivity index (χ1) is 13.7. The first-order valence-corrected chi connectivity index (χ1v) is 10.6. The Morgan fingerprint density at radius 1 is 1.00 bits per heavy atom. The van der Waals surface area contributed by atoms with Crippen LogP contribution in [0.3, 0.4) is 0 Å². The zero-order valence-corrected chi connectivity index (χ0v) is 17.4. The van der Waals surface area contributed by atoms with Crippen molar-refractivity contribution in [2.75, 3.05) is 6.61 Å². The third-order valence-electron chi connectivity index (χ3n) is 5.41. The smallest absolute Gasteiger partial charge is 0.162 e. The number of hydrogen-bond acceptors (Lipinski definition) is 2. The molecule has 28 heavy (non-hydrogen) atoms. The highest BCUT2D eigenvalue weighted by Crippen LogP contribution is 2.35. The van der Waals surface area contributed by atoms with Crippen LogP contribution in [-0.2, 0) is 13.0 Å². The van der Waals surface area contributed by atoms with Crippen molar-refractivity contribution in [1.82, 2.24) is 14.2 Å². The van der Waals surface area contributed by atoms with E-state index in [2.05, 4.69) is 67.6 Å². The number of halogens is 1. The molecule has 3 heterocycles. The van der Waals surface area contributed by atoms with E-state index in [-0.39, 0.29) is 0 Å². The fourth-order valence-electron chi connectivity index (χ4n) is 4.13. The number of aromatic nitrogens is 3. The van der Waals surface area contributed by atoms with Gasteiger partial charge in [0.25, 0.3) is 0 Å². The van der Waals surface area contributed by atoms with Gasteiger partial charge in [-0.3, -0.25) is 0 Å². The Morgan fingerprint density at radius 3 is 2.50 bits per heavy atom. The van der Waals surface area contributed by atoms with E-state index in [0.29, 0.717) is 6.61 Å². The van der Waals surface area contributed by atoms with Crippen LogP contribution in [-0.4, -0.2) is 20.8 Å². The first kappa shape index (κ1) is 17.6. The third kappa shape index (κ3) is 2.94. The lowest BCUT2D eigenvalue weighted by Crippen LogP contribution is -2.00. The average molecular weight is 436 g/mol. The number of aryl methyl sites for hydroxylation is 2. The predicted octanol–water partition coefficient (Wildman–Crippen LogP) is 5.97. The van der Waals surface area contributed by atoms with E-state index >= 15 is 0 Å². The molecule has 0 saturated heterocycles. The van der Waals surface area contributed by atoms with Gasteiger partial charge in [-0.1, -0.05) is 28.1 Å². The van der Waals surface area contributed by atoms with Crippen molar-refractivity contribution in [1.29, 1.82) is 0 Å². The fraction of sp³-hybridized carbons (Fsp3) is 0.261. The summed E-state index contributed by atoms with van der Waals surface area (Å²) in [6.07, 6.45) is 5.65. The Labute approximate surface area is 172 Å². The van der Waals surface area contributed by atoms with Gasteiger partial charge in [-0.25, -0.2) is 4.52 Å². The Hall–Kier alpha value is -2.53. The van der Waals surface area contributed by atoms with Crippen LogP contribution in [0.1, 0.15) is 25.3 Å². The second-order valence-corrected chi connectivity index (χ2v) is 8.10. The van der Waals surface area contributed by atoms with Gasteiger partial charge in [0.2, 0.25) is 0 Å². The lowest BCUT2D eigenvalue weighted by atomic mass is 10.0. The van der Waals surface area contributed by atoms with Crippen molar-refractivity contribution in [2.24, 2.45) is 0 Å². The molecular weight excluding hydrogens is 414 g/mol. The monoisotopic (exact) mass is 435 g/mol. The molecule has 2 aromatic heterocycles. The number of benzene rings is 2. The SMILES string of the molecule is CCOc1ccc(-c2nn3cc(-c4ccc(Br)cc4)c4c3n2CCCC4)cc1. The van der Waals surface area contributed by atoms with Crippen molar-refractivity contribution >= 4 is 21.6 Å². The highest BCUT2D eigenvalue weighted by molar-refractivity contribution is 9.10. The van der Waals surface area contributed by atoms with Crippen LogP contribution in [0.25, 0.3) is 28.2 Å². The molecule has 0 atom stereocenters. The Balaban J connectivity index is 1.64. The summed E-state index contributed by atoms with van der Waals surface area (Å²) in [7, 11) is 0. The van der Waals surface area contributed by atoms with Gasteiger partial charge in [0, 0.05) is 33.9 Å². The van der Waals surface area contributed by atoms with Crippen LogP contribution in [0.5, 0.6) is 5.75 Å². The zero-order chi connectivity index (χ0) is 19.1. The van der Waals surface area contributed by atoms with E-state index in [1.54, 1.807) is 0 Å². The van der Waals surface area contributed by atoms with Gasteiger partial charge in [0.15, 0.2) is 5.82 Å². The van der Waals surface area contributed by atoms with Crippen LogP contribution < -0.4 is 4.74 Å². The molecule has 0 N–H and O–H groups in total. The molecular formula is C23H22BrN3O. The standard InChI is InChI=1S/C23H22BrN3O/c1-2-28-19-12-8-17(9-13-19)22-25-27-15-21(16-6-10-18(24)11-7-16)20-5-3-4-14-26(22)23(20)27/h6-13,15H,2-5,14H2,1H3. The fourth-order valence-corrected chi connectivity index (χ4v) is 4.39. The highest BCUT2D eigenvalue weighted by atomic mass is 79.9. The Kier molecular flexibility index (Phi) is 4.47. The number of ether oxygens (including phenoxy) is 1. The molecule has 0 bridgehead atoms. The van der Waals surface area contributed by atoms with E-state index < -0.39 is 0 Å². The molecule has 4 aromatic rings. The molecule has 1 aliphatic rings. The van der Waals surface area contributed by atoms with Crippen molar-refractivity contribution in [3.05, 3.63) is 64.8 Å². The van der Waals surface area contributed by atoms with Crippen LogP contribution in [0.2, 0.25) is 0 Å². The lowest BCUT2D eigenvalue weighted by Gasteiger charge is -2.08. The Bertz CT molecular complexity index is 1120. The minimum Gasteiger partial charge on any atom is -0.494 e. The van der Waals surface area contributed by atoms with E-state index in [0.717, 1.165) is 34.6 Å². The van der Waals surface area contributed by atoms with Gasteiger partial charge in [0.1, 0.15) is 11.4 Å². The molecule has 0 amide bonds. The maximum atomic E-state index is 5.58. The molecule has 0 saturated carbocycles. The Morgan fingerprint density at radius 2 is 1.75 bits per heavy atom. The minimum absolute atomic E-state index is 0.681. The summed E-state index contributed by atoms with van der Waals surface area (Å²) >= 11 is 3.54. The first-order valence-electron chi connectivity index (χ1n) is 9.84. The summed E-state index contributed by atoms with van der Waals surface area (Å²) in [5.74, 6) is 1.93. The second kappa shape index (κ2) is 7.13. The zero-order valence-electron chi connectivity index (χ0n) is 15.9. The van der Waals surface area contributed by atoms with Gasteiger partial charge in [-0.05, 0) is 68.1 Å². The predicted molar refractivity (Wildman–Crippen MR) is 116 cm³/mol. The lowest BCUT2D eigenvalue weighted by molar-refractivity contribution is 0.340. The summed E-state index contributed by atoms with van der Waals surface area (Å²) in [4.78, 5) is 0. The summed E-state index contributed by atoms with van der Waals surface area (Å²) in [6.45, 7) is 3.69. The third-order valence-corrected chi connectivity index (χ3v) is 5.94. The maximum absolute atomic E-state index is 5.58. The minimum atomic E-state index is 0.681. The molecule has 142 valence electrons. The molecule has 0 spiro atoms. The van der Waals surface area contributed by atoms with Crippen LogP contribution in [0, 0.1) is 0 Å². The number of nitrogens with zero attached hydrogens (tertiary/aromatic N) is 3. The van der Waals surface area contributed by atoms with Gasteiger partial charge in [-0.2, -0.15) is 0 Å². The van der Waals surface area contributed by atoms with Crippen molar-refractivity contribution in [3.8, 4) is 28.3 Å². The quantitative estimate of drug-likeness (QED) is 0.395. The van der Waals surface area contributed by atoms with Gasteiger partial charge >= 0.3 is 0 Å². The molecule has 0 radical (unpaired) electrons. The summed E-state index contributed by atoms with van der Waals surface area (Å²) in [5, 5.41) is 4.97. The van der Waals surface area contributed by atoms with Gasteiger partial charge in [-0.15, -0.1) is 5.10 Å². The molecule has 2 aromatic carbocycles. The summed E-state index contributed by atoms with van der Waals surface area (Å²) < 4.78 is 11.2. The van der Waals surface area contributed by atoms with E-state index in [1.807, 2.05) is 19.1 Å². The van der Waals surface area contributed by atoms with Crippen LogP contribution >= 0.6 is 15.9 Å².